The van der Waals surface area contributed by atoms with E-state index in [1.165, 1.54) is 37.7 Å². The quantitative estimate of drug-likeness (QED) is 0.705. The number of ether oxygens (including phenoxy) is 1. The van der Waals surface area contributed by atoms with Gasteiger partial charge in [-0.15, -0.1) is 0 Å². The molecule has 24 heavy (non-hydrogen) atoms. The first-order valence-corrected chi connectivity index (χ1v) is 9.63. The van der Waals surface area contributed by atoms with Gasteiger partial charge >= 0.3 is 0 Å². The molecular weight excluding hydrogens is 294 g/mol. The van der Waals surface area contributed by atoms with E-state index in [0.717, 1.165) is 29.9 Å². The second kappa shape index (κ2) is 5.80. The number of hydrogen-bond donors (Lipinski definition) is 0. The number of nitriles is 1. The molecule has 2 saturated carbocycles. The van der Waals surface area contributed by atoms with Crippen LogP contribution >= 0.6 is 0 Å². The molecule has 0 heterocycles. The van der Waals surface area contributed by atoms with E-state index in [9.17, 15) is 5.26 Å². The number of hydrogen-bond acceptors (Lipinski definition) is 2. The van der Waals surface area contributed by atoms with Crippen molar-refractivity contribution in [2.45, 2.75) is 64.2 Å². The summed E-state index contributed by atoms with van der Waals surface area (Å²) < 4.78 is 5.46. The van der Waals surface area contributed by atoms with Gasteiger partial charge in [0, 0.05) is 6.42 Å². The van der Waals surface area contributed by atoms with Crippen molar-refractivity contribution in [3.8, 4) is 11.8 Å². The predicted octanol–water partition coefficient (Wildman–Crippen LogP) is 5.64. The maximum Gasteiger partial charge on any atom is 0.119 e. The molecule has 0 spiro atoms. The van der Waals surface area contributed by atoms with Crippen molar-refractivity contribution in [1.82, 2.24) is 0 Å². The molecule has 1 aromatic rings. The summed E-state index contributed by atoms with van der Waals surface area (Å²) in [6.07, 6.45) is 7.26. The lowest BCUT2D eigenvalue weighted by atomic mass is 9.53. The highest BCUT2D eigenvalue weighted by Gasteiger charge is 2.55. The first-order valence-electron chi connectivity index (χ1n) is 9.63. The molecule has 2 fully saturated rings. The highest BCUT2D eigenvalue weighted by atomic mass is 16.5. The van der Waals surface area contributed by atoms with Crippen LogP contribution in [0.4, 0.5) is 0 Å². The van der Waals surface area contributed by atoms with Crippen molar-refractivity contribution in [3.63, 3.8) is 0 Å². The van der Waals surface area contributed by atoms with E-state index in [0.29, 0.717) is 17.3 Å². The molecule has 0 radical (unpaired) electrons. The van der Waals surface area contributed by atoms with Gasteiger partial charge in [0.2, 0.25) is 0 Å². The summed E-state index contributed by atoms with van der Waals surface area (Å²) in [5.41, 5.74) is 3.51. The summed E-state index contributed by atoms with van der Waals surface area (Å²) in [5.74, 6) is 4.58. The fraction of sp³-hybridized carbons (Fsp3) is 0.682. The molecule has 1 aromatic carbocycles. The summed E-state index contributed by atoms with van der Waals surface area (Å²) in [6, 6.07) is 9.22. The van der Waals surface area contributed by atoms with Crippen LogP contribution < -0.4 is 4.74 Å². The SMILES string of the molecule is COc1ccc2c(c1)[C@@H](C)C[C@@H]1[C@@H]2CC[C@]2(C)[C@H](CC#N)CC[C@@H]12. The van der Waals surface area contributed by atoms with Crippen molar-refractivity contribution >= 4 is 0 Å². The second-order valence-corrected chi connectivity index (χ2v) is 8.69. The number of methoxy groups -OCH3 is 1. The smallest absolute Gasteiger partial charge is 0.119 e. The van der Waals surface area contributed by atoms with Crippen molar-refractivity contribution < 1.29 is 4.74 Å². The van der Waals surface area contributed by atoms with Gasteiger partial charge in [-0.05, 0) is 90.4 Å². The maximum atomic E-state index is 9.22. The lowest BCUT2D eigenvalue weighted by Crippen LogP contribution is -2.42. The molecule has 0 aromatic heterocycles. The van der Waals surface area contributed by atoms with Gasteiger partial charge in [-0.25, -0.2) is 0 Å². The molecule has 6 atom stereocenters. The van der Waals surface area contributed by atoms with Crippen LogP contribution in [-0.2, 0) is 0 Å². The topological polar surface area (TPSA) is 33.0 Å². The Bertz CT molecular complexity index is 675. The van der Waals surface area contributed by atoms with Gasteiger partial charge in [-0.2, -0.15) is 5.26 Å². The minimum atomic E-state index is 0.403. The third-order valence-corrected chi connectivity index (χ3v) is 7.82. The second-order valence-electron chi connectivity index (χ2n) is 8.69. The monoisotopic (exact) mass is 323 g/mol. The lowest BCUT2D eigenvalue weighted by Gasteiger charge is -2.52. The van der Waals surface area contributed by atoms with Crippen LogP contribution in [0.2, 0.25) is 0 Å². The molecule has 3 aliphatic carbocycles. The van der Waals surface area contributed by atoms with E-state index in [4.69, 9.17) is 4.74 Å². The standard InChI is InChI=1S/C22H29NO/c1-14-12-20-18(17-6-5-16(24-3)13-19(14)17)8-10-22(2)15(9-11-23)4-7-21(20)22/h5-6,13-15,18,20-21H,4,7-10,12H2,1-3H3/t14-,15-,18+,20+,21-,22+/m0/s1. The highest BCUT2D eigenvalue weighted by molar-refractivity contribution is 5.42. The average Bonchev–Trinajstić information content (AvgIpc) is 2.92. The molecule has 0 unspecified atom stereocenters. The normalized spacial score (nSPS) is 40.2. The predicted molar refractivity (Wildman–Crippen MR) is 96.0 cm³/mol. The van der Waals surface area contributed by atoms with E-state index in [2.05, 4.69) is 38.1 Å². The van der Waals surface area contributed by atoms with Gasteiger partial charge in [0.1, 0.15) is 5.75 Å². The van der Waals surface area contributed by atoms with Crippen LogP contribution in [0.5, 0.6) is 5.75 Å². The Balaban J connectivity index is 1.68. The van der Waals surface area contributed by atoms with E-state index < -0.39 is 0 Å². The first-order chi connectivity index (χ1) is 11.6. The Labute approximate surface area is 146 Å². The number of rotatable bonds is 2. The van der Waals surface area contributed by atoms with Crippen molar-refractivity contribution in [2.75, 3.05) is 7.11 Å². The Hall–Kier alpha value is -1.49. The Morgan fingerprint density at radius 2 is 2.08 bits per heavy atom. The molecular formula is C22H29NO. The number of nitrogens with zero attached hydrogens (tertiary/aromatic N) is 1. The number of fused-ring (bicyclic) bond motifs is 5. The van der Waals surface area contributed by atoms with Crippen molar-refractivity contribution in [2.24, 2.45) is 23.2 Å². The summed E-state index contributed by atoms with van der Waals surface area (Å²) in [7, 11) is 1.76. The molecule has 0 amide bonds. The van der Waals surface area contributed by atoms with E-state index in [-0.39, 0.29) is 0 Å². The lowest BCUT2D eigenvalue weighted by molar-refractivity contribution is 0.0260. The summed E-state index contributed by atoms with van der Waals surface area (Å²) in [5, 5.41) is 9.22. The molecule has 0 aliphatic heterocycles. The van der Waals surface area contributed by atoms with Crippen molar-refractivity contribution in [1.29, 1.82) is 5.26 Å². The maximum absolute atomic E-state index is 9.22. The average molecular weight is 323 g/mol. The van der Waals surface area contributed by atoms with Crippen molar-refractivity contribution in [3.05, 3.63) is 29.3 Å². The molecule has 0 bridgehead atoms. The Morgan fingerprint density at radius 1 is 1.25 bits per heavy atom. The minimum Gasteiger partial charge on any atom is -0.497 e. The summed E-state index contributed by atoms with van der Waals surface area (Å²) >= 11 is 0. The minimum absolute atomic E-state index is 0.403. The molecule has 4 rings (SSSR count). The van der Waals surface area contributed by atoms with Gasteiger partial charge in [-0.1, -0.05) is 19.9 Å². The third kappa shape index (κ3) is 2.20. The largest absolute Gasteiger partial charge is 0.497 e. The van der Waals surface area contributed by atoms with Crippen LogP contribution in [0.1, 0.15) is 75.3 Å². The van der Waals surface area contributed by atoms with E-state index >= 15 is 0 Å². The Morgan fingerprint density at radius 3 is 2.83 bits per heavy atom. The van der Waals surface area contributed by atoms with Gasteiger partial charge in [-0.3, -0.25) is 0 Å². The van der Waals surface area contributed by atoms with Crippen LogP contribution in [0, 0.1) is 34.5 Å². The third-order valence-electron chi connectivity index (χ3n) is 7.82. The zero-order valence-corrected chi connectivity index (χ0v) is 15.2. The van der Waals surface area contributed by atoms with Gasteiger partial charge in [0.05, 0.1) is 13.2 Å². The summed E-state index contributed by atoms with van der Waals surface area (Å²) in [6.45, 7) is 4.89. The molecule has 0 N–H and O–H groups in total. The molecule has 2 heteroatoms. The molecule has 128 valence electrons. The highest BCUT2D eigenvalue weighted by Crippen LogP contribution is 2.64. The van der Waals surface area contributed by atoms with Gasteiger partial charge in [0.15, 0.2) is 0 Å². The molecule has 0 saturated heterocycles. The zero-order chi connectivity index (χ0) is 16.9. The van der Waals surface area contributed by atoms with Crippen LogP contribution in [0.3, 0.4) is 0 Å². The molecule has 3 aliphatic rings. The molecule has 2 nitrogen and oxygen atoms in total. The van der Waals surface area contributed by atoms with E-state index in [1.54, 1.807) is 12.7 Å². The van der Waals surface area contributed by atoms with Gasteiger partial charge in [0.25, 0.3) is 0 Å². The zero-order valence-electron chi connectivity index (χ0n) is 15.2. The fourth-order valence-electron chi connectivity index (χ4n) is 6.54. The first kappa shape index (κ1) is 16.0. The van der Waals surface area contributed by atoms with Crippen LogP contribution in [-0.4, -0.2) is 7.11 Å². The van der Waals surface area contributed by atoms with Crippen LogP contribution in [0.25, 0.3) is 0 Å². The number of benzene rings is 1. The van der Waals surface area contributed by atoms with E-state index in [1.807, 2.05) is 0 Å². The van der Waals surface area contributed by atoms with Crippen LogP contribution in [0.15, 0.2) is 18.2 Å². The summed E-state index contributed by atoms with van der Waals surface area (Å²) in [4.78, 5) is 0. The van der Waals surface area contributed by atoms with Gasteiger partial charge < -0.3 is 4.74 Å². The fourth-order valence-corrected chi connectivity index (χ4v) is 6.54. The Kier molecular flexibility index (Phi) is 3.87.